The number of nitrogens with one attached hydrogen (secondary N) is 1. The summed E-state index contributed by atoms with van der Waals surface area (Å²) >= 11 is 0. The highest BCUT2D eigenvalue weighted by atomic mass is 16.1. The summed E-state index contributed by atoms with van der Waals surface area (Å²) in [5.74, 6) is 0.418. The van der Waals surface area contributed by atoms with Crippen LogP contribution in [0.25, 0.3) is 10.9 Å². The number of amides is 1. The zero-order valence-electron chi connectivity index (χ0n) is 19.5. The summed E-state index contributed by atoms with van der Waals surface area (Å²) in [4.78, 5) is 12.2. The maximum Gasteiger partial charge on any atom is 0.249 e. The molecule has 4 nitrogen and oxygen atoms in total. The van der Waals surface area contributed by atoms with Crippen LogP contribution in [0.15, 0.2) is 78.9 Å². The van der Waals surface area contributed by atoms with Gasteiger partial charge in [0, 0.05) is 40.7 Å². The lowest BCUT2D eigenvalue weighted by Crippen LogP contribution is -2.38. The predicted octanol–water partition coefficient (Wildman–Crippen LogP) is 5.37. The summed E-state index contributed by atoms with van der Waals surface area (Å²) in [5, 5.41) is 4.85. The van der Waals surface area contributed by atoms with Gasteiger partial charge in [0.2, 0.25) is 5.91 Å². The third-order valence-electron chi connectivity index (χ3n) is 7.97. The van der Waals surface area contributed by atoms with Crippen molar-refractivity contribution in [2.24, 2.45) is 11.7 Å². The van der Waals surface area contributed by atoms with E-state index in [-0.39, 0.29) is 11.4 Å². The molecule has 0 spiro atoms. The van der Waals surface area contributed by atoms with Crippen molar-refractivity contribution >= 4 is 16.8 Å². The van der Waals surface area contributed by atoms with Crippen LogP contribution in [0.3, 0.4) is 0 Å². The van der Waals surface area contributed by atoms with Crippen LogP contribution in [-0.2, 0) is 18.5 Å². The molecule has 1 amide bonds. The lowest BCUT2D eigenvalue weighted by Gasteiger charge is -2.35. The molecule has 2 heterocycles. The van der Waals surface area contributed by atoms with Crippen molar-refractivity contribution in [1.29, 1.82) is 0 Å². The zero-order chi connectivity index (χ0) is 23.1. The number of fused-ring (bicyclic) bond motifs is 3. The monoisotopic (exact) mass is 449 g/mol. The summed E-state index contributed by atoms with van der Waals surface area (Å²) in [7, 11) is 0. The molecule has 2 unspecified atom stereocenters. The Morgan fingerprint density at radius 2 is 1.85 bits per heavy atom. The number of carbonyl (C=O) groups excluding carboxylic acids is 1. The molecule has 4 aromatic rings. The Morgan fingerprint density at radius 1 is 1.03 bits per heavy atom. The molecule has 1 aliphatic heterocycles. The maximum atomic E-state index is 12.2. The van der Waals surface area contributed by atoms with Gasteiger partial charge in [0.15, 0.2) is 0 Å². The van der Waals surface area contributed by atoms with E-state index in [4.69, 9.17) is 5.73 Å². The number of benzene rings is 3. The van der Waals surface area contributed by atoms with Gasteiger partial charge < -0.3 is 15.6 Å². The molecule has 1 saturated heterocycles. The van der Waals surface area contributed by atoms with Gasteiger partial charge in [0.05, 0.1) is 0 Å². The van der Waals surface area contributed by atoms with Crippen LogP contribution in [0.1, 0.15) is 58.4 Å². The summed E-state index contributed by atoms with van der Waals surface area (Å²) in [6.07, 6.45) is 5.91. The van der Waals surface area contributed by atoms with E-state index in [1.807, 2.05) is 18.2 Å². The number of rotatable bonds is 6. The number of hydrogen-bond donors (Lipinski definition) is 2. The van der Waals surface area contributed by atoms with E-state index in [2.05, 4.69) is 70.5 Å². The van der Waals surface area contributed by atoms with Crippen molar-refractivity contribution in [2.75, 3.05) is 6.54 Å². The first-order chi connectivity index (χ1) is 16.6. The molecule has 34 heavy (non-hydrogen) atoms. The molecule has 1 saturated carbocycles. The van der Waals surface area contributed by atoms with E-state index in [1.165, 1.54) is 48.1 Å². The Balaban J connectivity index is 1.46. The maximum absolute atomic E-state index is 12.2. The Kier molecular flexibility index (Phi) is 5.26. The highest BCUT2D eigenvalue weighted by molar-refractivity contribution is 6.06. The largest absolute Gasteiger partial charge is 0.366 e. The first-order valence-electron chi connectivity index (χ1n) is 12.4. The molecule has 172 valence electrons. The topological polar surface area (TPSA) is 60.1 Å². The quantitative estimate of drug-likeness (QED) is 0.416. The summed E-state index contributed by atoms with van der Waals surface area (Å²) in [6.45, 7) is 1.89. The molecular formula is C30H31N3O. The molecule has 2 aliphatic rings. The van der Waals surface area contributed by atoms with Gasteiger partial charge in [-0.25, -0.2) is 0 Å². The normalized spacial score (nSPS) is 21.7. The van der Waals surface area contributed by atoms with Crippen LogP contribution in [-0.4, -0.2) is 17.0 Å². The SMILES string of the molecule is NC(=O)c1cccc2c1cc(Cc1ccccc1C13CCCC(CN1)C3)n2Cc1ccccc1. The smallest absolute Gasteiger partial charge is 0.249 e. The number of primary amides is 1. The van der Waals surface area contributed by atoms with Gasteiger partial charge in [-0.15, -0.1) is 0 Å². The van der Waals surface area contributed by atoms with E-state index >= 15 is 0 Å². The minimum atomic E-state index is -0.378. The summed E-state index contributed by atoms with van der Waals surface area (Å²) in [6, 6.07) is 27.5. The zero-order valence-corrected chi connectivity index (χ0v) is 19.5. The fraction of sp³-hybridized carbons (Fsp3) is 0.300. The van der Waals surface area contributed by atoms with E-state index in [1.54, 1.807) is 0 Å². The van der Waals surface area contributed by atoms with Crippen molar-refractivity contribution in [2.45, 2.75) is 44.2 Å². The molecule has 2 fully saturated rings. The average molecular weight is 450 g/mol. The Morgan fingerprint density at radius 3 is 2.71 bits per heavy atom. The van der Waals surface area contributed by atoms with Gasteiger partial charge in [0.25, 0.3) is 0 Å². The van der Waals surface area contributed by atoms with Crippen molar-refractivity contribution < 1.29 is 4.79 Å². The third-order valence-corrected chi connectivity index (χ3v) is 7.97. The lowest BCUT2D eigenvalue weighted by molar-refractivity contribution is 0.100. The average Bonchev–Trinajstić information content (AvgIpc) is 3.36. The number of nitrogens with zero attached hydrogens (tertiary/aromatic N) is 1. The fourth-order valence-corrected chi connectivity index (χ4v) is 6.39. The molecule has 4 heteroatoms. The van der Waals surface area contributed by atoms with Crippen LogP contribution in [0.5, 0.6) is 0 Å². The van der Waals surface area contributed by atoms with Crippen LogP contribution >= 0.6 is 0 Å². The van der Waals surface area contributed by atoms with E-state index in [0.29, 0.717) is 5.56 Å². The molecule has 3 N–H and O–H groups in total. The molecule has 2 atom stereocenters. The standard InChI is InChI=1S/C30H31N3O/c31-29(34)25-12-6-14-28-26(25)17-24(33(28)20-21-8-2-1-3-9-21)16-23-11-4-5-13-27(23)30-15-7-10-22(18-30)19-32-30/h1-6,8-9,11-14,17,22,32H,7,10,15-16,18-20H2,(H2,31,34). The molecule has 0 radical (unpaired) electrons. The van der Waals surface area contributed by atoms with Crippen LogP contribution in [0, 0.1) is 5.92 Å². The second-order valence-corrected chi connectivity index (χ2v) is 10.1. The second-order valence-electron chi connectivity index (χ2n) is 10.1. The van der Waals surface area contributed by atoms with E-state index in [9.17, 15) is 4.79 Å². The van der Waals surface area contributed by atoms with Gasteiger partial charge in [-0.1, -0.05) is 67.1 Å². The number of carbonyl (C=O) groups is 1. The van der Waals surface area contributed by atoms with Crippen molar-refractivity contribution in [3.05, 3.63) is 107 Å². The molecule has 3 aromatic carbocycles. The number of hydrogen-bond acceptors (Lipinski definition) is 2. The van der Waals surface area contributed by atoms with Gasteiger partial charge in [-0.3, -0.25) is 4.79 Å². The second kappa shape index (κ2) is 8.44. The van der Waals surface area contributed by atoms with Crippen LogP contribution in [0.4, 0.5) is 0 Å². The van der Waals surface area contributed by atoms with Gasteiger partial charge in [-0.05, 0) is 66.6 Å². The minimum absolute atomic E-state index is 0.105. The van der Waals surface area contributed by atoms with E-state index < -0.39 is 0 Å². The molecule has 1 aromatic heterocycles. The van der Waals surface area contributed by atoms with Crippen LogP contribution < -0.4 is 11.1 Å². The molecule has 2 bridgehead atoms. The van der Waals surface area contributed by atoms with Gasteiger partial charge in [0.1, 0.15) is 0 Å². The minimum Gasteiger partial charge on any atom is -0.366 e. The molecular weight excluding hydrogens is 418 g/mol. The summed E-state index contributed by atoms with van der Waals surface area (Å²) in [5.41, 5.74) is 12.8. The Labute approximate surface area is 200 Å². The van der Waals surface area contributed by atoms with Crippen molar-refractivity contribution in [1.82, 2.24) is 9.88 Å². The highest BCUT2D eigenvalue weighted by Gasteiger charge is 2.43. The molecule has 6 rings (SSSR count). The van der Waals surface area contributed by atoms with Crippen molar-refractivity contribution in [3.63, 3.8) is 0 Å². The van der Waals surface area contributed by atoms with Crippen LogP contribution in [0.2, 0.25) is 0 Å². The summed E-state index contributed by atoms with van der Waals surface area (Å²) < 4.78 is 2.36. The fourth-order valence-electron chi connectivity index (χ4n) is 6.39. The van der Waals surface area contributed by atoms with Gasteiger partial charge >= 0.3 is 0 Å². The lowest BCUT2D eigenvalue weighted by atomic mass is 9.74. The first-order valence-corrected chi connectivity index (χ1v) is 12.4. The molecule has 1 aliphatic carbocycles. The number of aromatic nitrogens is 1. The first kappa shape index (κ1) is 21.2. The van der Waals surface area contributed by atoms with Gasteiger partial charge in [-0.2, -0.15) is 0 Å². The van der Waals surface area contributed by atoms with Crippen molar-refractivity contribution in [3.8, 4) is 0 Å². The van der Waals surface area contributed by atoms with E-state index in [0.717, 1.165) is 36.3 Å². The highest BCUT2D eigenvalue weighted by Crippen LogP contribution is 2.45. The Bertz CT molecular complexity index is 1350. The predicted molar refractivity (Wildman–Crippen MR) is 137 cm³/mol. The Hall–Kier alpha value is -3.37. The number of nitrogens with two attached hydrogens (primary N) is 1. The third kappa shape index (κ3) is 3.63.